The highest BCUT2D eigenvalue weighted by atomic mass is 16.5. The Hall–Kier alpha value is -3.13. The number of carbonyl (C=O) groups is 2. The minimum Gasteiger partial charge on any atom is -0.497 e. The van der Waals surface area contributed by atoms with E-state index in [0.717, 1.165) is 35.4 Å². The van der Waals surface area contributed by atoms with E-state index in [-0.39, 0.29) is 23.7 Å². The highest BCUT2D eigenvalue weighted by Gasteiger charge is 2.31. The molecule has 0 spiro atoms. The Bertz CT molecular complexity index is 956. The van der Waals surface area contributed by atoms with Crippen molar-refractivity contribution in [1.29, 1.82) is 0 Å². The number of benzene rings is 1. The Morgan fingerprint density at radius 3 is 3.00 bits per heavy atom. The van der Waals surface area contributed by atoms with Gasteiger partial charge in [0.25, 0.3) is 11.8 Å². The number of ether oxygens (including phenoxy) is 2. The number of rotatable bonds is 5. The van der Waals surface area contributed by atoms with E-state index in [1.54, 1.807) is 18.1 Å². The first-order valence-electron chi connectivity index (χ1n) is 10.1. The molecule has 4 rings (SSSR count). The number of carbonyl (C=O) groups excluding carboxylic acids is 2. The summed E-state index contributed by atoms with van der Waals surface area (Å²) in [6, 6.07) is 9.25. The summed E-state index contributed by atoms with van der Waals surface area (Å²) in [5.74, 6) is 0.649. The first kappa shape index (κ1) is 20.2. The normalized spacial score (nSPS) is 18.0. The Morgan fingerprint density at radius 1 is 1.37 bits per heavy atom. The molecule has 1 aromatic heterocycles. The lowest BCUT2D eigenvalue weighted by Crippen LogP contribution is -2.42. The quantitative estimate of drug-likeness (QED) is 0.777. The van der Waals surface area contributed by atoms with Gasteiger partial charge in [0.2, 0.25) is 0 Å². The molecule has 0 bridgehead atoms. The van der Waals surface area contributed by atoms with Crippen molar-refractivity contribution in [1.82, 2.24) is 15.2 Å². The molecule has 1 unspecified atom stereocenters. The summed E-state index contributed by atoms with van der Waals surface area (Å²) >= 11 is 0. The van der Waals surface area contributed by atoms with E-state index in [0.29, 0.717) is 38.2 Å². The molecule has 1 fully saturated rings. The predicted octanol–water partition coefficient (Wildman–Crippen LogP) is 1.67. The average molecular weight is 410 g/mol. The first-order valence-corrected chi connectivity index (χ1v) is 10.1. The minimum atomic E-state index is -0.348. The van der Waals surface area contributed by atoms with Crippen LogP contribution in [0.25, 0.3) is 0 Å². The molecule has 1 saturated heterocycles. The van der Waals surface area contributed by atoms with Gasteiger partial charge in [-0.1, -0.05) is 12.1 Å². The predicted molar refractivity (Wildman–Crippen MR) is 111 cm³/mol. The molecule has 0 radical (unpaired) electrons. The number of nitrogen functional groups attached to an aromatic ring is 1. The number of nitrogens with one attached hydrogen (secondary N) is 1. The number of anilines is 1. The van der Waals surface area contributed by atoms with Crippen molar-refractivity contribution in [3.05, 3.63) is 52.7 Å². The highest BCUT2D eigenvalue weighted by Crippen LogP contribution is 2.24. The first-order chi connectivity index (χ1) is 14.5. The van der Waals surface area contributed by atoms with Gasteiger partial charge in [-0.2, -0.15) is 0 Å². The summed E-state index contributed by atoms with van der Waals surface area (Å²) in [4.78, 5) is 31.6. The zero-order chi connectivity index (χ0) is 21.1. The molecule has 3 N–H and O–H groups in total. The van der Waals surface area contributed by atoms with Crippen molar-refractivity contribution in [2.45, 2.75) is 38.5 Å². The Labute approximate surface area is 175 Å². The fourth-order valence-electron chi connectivity index (χ4n) is 3.89. The van der Waals surface area contributed by atoms with Gasteiger partial charge in [-0.3, -0.25) is 9.59 Å². The number of nitrogens with two attached hydrogens (primary N) is 1. The fraction of sp³-hybridized carbons (Fsp3) is 0.409. The van der Waals surface area contributed by atoms with E-state index in [1.807, 2.05) is 24.3 Å². The molecule has 2 amide bonds. The molecule has 8 nitrogen and oxygen atoms in total. The molecule has 158 valence electrons. The van der Waals surface area contributed by atoms with Crippen molar-refractivity contribution in [3.8, 4) is 5.75 Å². The number of pyridine rings is 1. The van der Waals surface area contributed by atoms with Gasteiger partial charge in [-0.15, -0.1) is 0 Å². The van der Waals surface area contributed by atoms with Crippen LogP contribution in [0.15, 0.2) is 30.3 Å². The van der Waals surface area contributed by atoms with E-state index in [4.69, 9.17) is 15.2 Å². The molecule has 2 aliphatic rings. The van der Waals surface area contributed by atoms with Crippen LogP contribution in [0.5, 0.6) is 5.75 Å². The number of aromatic nitrogens is 1. The van der Waals surface area contributed by atoms with E-state index < -0.39 is 0 Å². The average Bonchev–Trinajstić information content (AvgIpc) is 3.31. The summed E-state index contributed by atoms with van der Waals surface area (Å²) in [7, 11) is 1.60. The molecule has 30 heavy (non-hydrogen) atoms. The van der Waals surface area contributed by atoms with Crippen LogP contribution in [0.3, 0.4) is 0 Å². The van der Waals surface area contributed by atoms with E-state index >= 15 is 0 Å². The number of hydrogen-bond acceptors (Lipinski definition) is 6. The third-order valence-electron chi connectivity index (χ3n) is 5.55. The summed E-state index contributed by atoms with van der Waals surface area (Å²) < 4.78 is 10.7. The van der Waals surface area contributed by atoms with Gasteiger partial charge in [0.1, 0.15) is 17.7 Å². The second kappa shape index (κ2) is 8.71. The summed E-state index contributed by atoms with van der Waals surface area (Å²) in [5, 5.41) is 2.88. The zero-order valence-corrected chi connectivity index (χ0v) is 17.0. The van der Waals surface area contributed by atoms with Gasteiger partial charge in [0.05, 0.1) is 12.7 Å². The Balaban J connectivity index is 1.46. The second-order valence-corrected chi connectivity index (χ2v) is 7.57. The smallest absolute Gasteiger partial charge is 0.255 e. The fourth-order valence-corrected chi connectivity index (χ4v) is 3.89. The number of amides is 2. The van der Waals surface area contributed by atoms with Gasteiger partial charge < -0.3 is 25.4 Å². The van der Waals surface area contributed by atoms with Crippen LogP contribution >= 0.6 is 0 Å². The molecule has 2 aliphatic heterocycles. The molecule has 0 aliphatic carbocycles. The third kappa shape index (κ3) is 4.23. The second-order valence-electron chi connectivity index (χ2n) is 7.57. The van der Waals surface area contributed by atoms with Gasteiger partial charge in [-0.25, -0.2) is 4.98 Å². The summed E-state index contributed by atoms with van der Waals surface area (Å²) in [6.45, 7) is 1.98. The minimum absolute atomic E-state index is 0.0130. The lowest BCUT2D eigenvalue weighted by Gasteiger charge is -2.30. The van der Waals surface area contributed by atoms with Crippen molar-refractivity contribution in [2.24, 2.45) is 0 Å². The van der Waals surface area contributed by atoms with Crippen LogP contribution in [-0.2, 0) is 29.0 Å². The number of hydrogen-bond donors (Lipinski definition) is 2. The zero-order valence-electron chi connectivity index (χ0n) is 17.0. The standard InChI is InChI=1S/C22H26N4O4/c1-29-16-5-2-4-14(10-16)12-24-21(27)17-11-15-13-26(8-7-18(15)25-20(17)23)22(28)19-6-3-9-30-19/h2,4-5,10-11,19H,3,6-9,12-13H2,1H3,(H2,23,25)(H,24,27). The van der Waals surface area contributed by atoms with Crippen LogP contribution in [0.1, 0.15) is 40.0 Å². The number of methoxy groups -OCH3 is 1. The topological polar surface area (TPSA) is 107 Å². The van der Waals surface area contributed by atoms with Crippen molar-refractivity contribution < 1.29 is 19.1 Å². The monoisotopic (exact) mass is 410 g/mol. The van der Waals surface area contributed by atoms with Crippen LogP contribution in [0.4, 0.5) is 5.82 Å². The van der Waals surface area contributed by atoms with Crippen LogP contribution in [0, 0.1) is 0 Å². The Morgan fingerprint density at radius 2 is 2.23 bits per heavy atom. The molecule has 1 aromatic carbocycles. The van der Waals surface area contributed by atoms with Gasteiger partial charge >= 0.3 is 0 Å². The molecule has 0 saturated carbocycles. The van der Waals surface area contributed by atoms with E-state index in [1.165, 1.54) is 0 Å². The Kier molecular flexibility index (Phi) is 5.85. The van der Waals surface area contributed by atoms with Crippen LogP contribution in [0.2, 0.25) is 0 Å². The number of fused-ring (bicyclic) bond motifs is 1. The highest BCUT2D eigenvalue weighted by molar-refractivity contribution is 5.98. The SMILES string of the molecule is COc1cccc(CNC(=O)c2cc3c(nc2N)CCN(C(=O)C2CCCO2)C3)c1. The summed E-state index contributed by atoms with van der Waals surface area (Å²) in [6.07, 6.45) is 1.94. The van der Waals surface area contributed by atoms with Gasteiger partial charge in [0.15, 0.2) is 0 Å². The lowest BCUT2D eigenvalue weighted by molar-refractivity contribution is -0.141. The van der Waals surface area contributed by atoms with Crippen molar-refractivity contribution in [3.63, 3.8) is 0 Å². The summed E-state index contributed by atoms with van der Waals surface area (Å²) in [5.41, 5.74) is 9.00. The van der Waals surface area contributed by atoms with Gasteiger partial charge in [-0.05, 0) is 42.2 Å². The molecular weight excluding hydrogens is 384 g/mol. The molecular formula is C22H26N4O4. The third-order valence-corrected chi connectivity index (χ3v) is 5.55. The molecule has 1 atom stereocenters. The lowest BCUT2D eigenvalue weighted by atomic mass is 10.0. The van der Waals surface area contributed by atoms with Crippen molar-refractivity contribution in [2.75, 3.05) is 26.0 Å². The molecule has 2 aromatic rings. The maximum Gasteiger partial charge on any atom is 0.255 e. The van der Waals surface area contributed by atoms with Crippen molar-refractivity contribution >= 4 is 17.6 Å². The molecule has 8 heteroatoms. The maximum absolute atomic E-state index is 12.7. The van der Waals surface area contributed by atoms with Crippen LogP contribution < -0.4 is 15.8 Å². The maximum atomic E-state index is 12.7. The van der Waals surface area contributed by atoms with Crippen LogP contribution in [-0.4, -0.2) is 48.1 Å². The van der Waals surface area contributed by atoms with E-state index in [9.17, 15) is 9.59 Å². The van der Waals surface area contributed by atoms with Gasteiger partial charge in [0, 0.05) is 38.4 Å². The molecule has 3 heterocycles. The van der Waals surface area contributed by atoms with E-state index in [2.05, 4.69) is 10.3 Å². The number of nitrogens with zero attached hydrogens (tertiary/aromatic N) is 2. The largest absolute Gasteiger partial charge is 0.497 e.